The summed E-state index contributed by atoms with van der Waals surface area (Å²) in [7, 11) is 0. The molecule has 2 atom stereocenters. The van der Waals surface area contributed by atoms with Gasteiger partial charge in [0.05, 0.1) is 0 Å². The first-order valence-electron chi connectivity index (χ1n) is 8.44. The van der Waals surface area contributed by atoms with Crippen molar-refractivity contribution in [3.05, 3.63) is 66.2 Å². The third kappa shape index (κ3) is 3.95. The Hall–Kier alpha value is -2.33. The van der Waals surface area contributed by atoms with E-state index in [0.29, 0.717) is 12.3 Å². The first-order chi connectivity index (χ1) is 11.8. The quantitative estimate of drug-likeness (QED) is 0.919. The molecular weight excluding hydrogens is 302 g/mol. The van der Waals surface area contributed by atoms with Crippen LogP contribution in [0, 0.1) is 5.92 Å². The smallest absolute Gasteiger partial charge is 0.268 e. The summed E-state index contributed by atoms with van der Waals surface area (Å²) < 4.78 is 6.03. The molecule has 0 aromatic heterocycles. The van der Waals surface area contributed by atoms with Gasteiger partial charge in [-0.25, -0.2) is 0 Å². The number of carbonyl (C=O) groups excluding carboxylic acids is 1. The summed E-state index contributed by atoms with van der Waals surface area (Å²) >= 11 is 0. The molecule has 0 bridgehead atoms. The van der Waals surface area contributed by atoms with Crippen LogP contribution in [0.2, 0.25) is 0 Å². The average Bonchev–Trinajstić information content (AvgIpc) is 2.67. The van der Waals surface area contributed by atoms with E-state index in [1.165, 1.54) is 0 Å². The van der Waals surface area contributed by atoms with Gasteiger partial charge >= 0.3 is 0 Å². The lowest BCUT2D eigenvalue weighted by Crippen LogP contribution is -2.44. The lowest BCUT2D eigenvalue weighted by Gasteiger charge is -2.34. The van der Waals surface area contributed by atoms with Gasteiger partial charge in [-0.15, -0.1) is 0 Å². The molecule has 1 amide bonds. The number of rotatable bonds is 5. The number of para-hydroxylation sites is 1. The number of aliphatic hydroxyl groups is 1. The number of hydrogen-bond donors (Lipinski definition) is 1. The van der Waals surface area contributed by atoms with Crippen molar-refractivity contribution in [3.8, 4) is 5.75 Å². The van der Waals surface area contributed by atoms with Crippen LogP contribution in [-0.2, 0) is 4.79 Å². The second-order valence-corrected chi connectivity index (χ2v) is 6.20. The highest BCUT2D eigenvalue weighted by Gasteiger charge is 2.31. The largest absolute Gasteiger partial charge is 0.476 e. The van der Waals surface area contributed by atoms with Crippen LogP contribution in [0.1, 0.15) is 24.5 Å². The molecule has 1 N–H and O–H groups in total. The fourth-order valence-corrected chi connectivity index (χ4v) is 3.10. The van der Waals surface area contributed by atoms with E-state index in [2.05, 4.69) is 0 Å². The number of piperidine rings is 1. The maximum Gasteiger partial charge on any atom is 0.268 e. The highest BCUT2D eigenvalue weighted by Crippen LogP contribution is 2.26. The van der Waals surface area contributed by atoms with E-state index in [-0.39, 0.29) is 18.4 Å². The zero-order valence-corrected chi connectivity index (χ0v) is 13.7. The molecule has 1 saturated heterocycles. The molecular formula is C20H23NO3. The summed E-state index contributed by atoms with van der Waals surface area (Å²) in [6.45, 7) is 1.44. The number of ether oxygens (including phenoxy) is 1. The number of nitrogens with zero attached hydrogens (tertiary/aromatic N) is 1. The number of hydrogen-bond acceptors (Lipinski definition) is 3. The molecule has 2 aromatic rings. The van der Waals surface area contributed by atoms with Gasteiger partial charge in [-0.3, -0.25) is 4.79 Å². The van der Waals surface area contributed by atoms with Crippen LogP contribution in [-0.4, -0.2) is 35.6 Å². The van der Waals surface area contributed by atoms with Crippen LogP contribution in [0.25, 0.3) is 0 Å². The Balaban J connectivity index is 1.82. The Bertz CT molecular complexity index is 644. The van der Waals surface area contributed by atoms with Gasteiger partial charge in [-0.2, -0.15) is 0 Å². The summed E-state index contributed by atoms with van der Waals surface area (Å²) in [6, 6.07) is 19.0. The van der Waals surface area contributed by atoms with Crippen LogP contribution in [0.3, 0.4) is 0 Å². The van der Waals surface area contributed by atoms with Crippen molar-refractivity contribution in [2.45, 2.75) is 18.9 Å². The topological polar surface area (TPSA) is 49.8 Å². The minimum absolute atomic E-state index is 0.0387. The molecule has 3 rings (SSSR count). The molecule has 1 heterocycles. The standard InChI is InChI=1S/C20H23NO3/c22-15-16-8-7-13-21(14-16)20(23)19(17-9-3-1-4-10-17)24-18-11-5-2-6-12-18/h1-6,9-12,16,19,22H,7-8,13-15H2. The second kappa shape index (κ2) is 7.97. The Labute approximate surface area is 142 Å². The number of benzene rings is 2. The van der Waals surface area contributed by atoms with Crippen LogP contribution in [0.5, 0.6) is 5.75 Å². The molecule has 2 aromatic carbocycles. The Morgan fingerprint density at radius 1 is 1.12 bits per heavy atom. The van der Waals surface area contributed by atoms with Crippen molar-refractivity contribution < 1.29 is 14.6 Å². The van der Waals surface area contributed by atoms with E-state index in [1.54, 1.807) is 0 Å². The van der Waals surface area contributed by atoms with Gasteiger partial charge in [0.2, 0.25) is 6.10 Å². The number of aliphatic hydroxyl groups excluding tert-OH is 1. The summed E-state index contributed by atoms with van der Waals surface area (Å²) in [5.41, 5.74) is 0.845. The molecule has 4 heteroatoms. The Kier molecular flexibility index (Phi) is 5.49. The van der Waals surface area contributed by atoms with E-state index >= 15 is 0 Å². The number of likely N-dealkylation sites (tertiary alicyclic amines) is 1. The Morgan fingerprint density at radius 3 is 2.46 bits per heavy atom. The minimum atomic E-state index is -0.661. The summed E-state index contributed by atoms with van der Waals surface area (Å²) in [5.74, 6) is 0.800. The maximum atomic E-state index is 13.1. The van der Waals surface area contributed by atoms with Gasteiger partial charge in [0.25, 0.3) is 5.91 Å². The molecule has 0 spiro atoms. The number of carbonyl (C=O) groups is 1. The summed E-state index contributed by atoms with van der Waals surface area (Å²) in [6.07, 6.45) is 1.23. The van der Waals surface area contributed by atoms with Crippen molar-refractivity contribution in [1.82, 2.24) is 4.90 Å². The normalized spacial score (nSPS) is 18.9. The molecule has 24 heavy (non-hydrogen) atoms. The van der Waals surface area contributed by atoms with E-state index in [1.807, 2.05) is 65.6 Å². The lowest BCUT2D eigenvalue weighted by molar-refractivity contribution is -0.141. The maximum absolute atomic E-state index is 13.1. The number of amides is 1. The van der Waals surface area contributed by atoms with E-state index in [9.17, 15) is 9.90 Å². The van der Waals surface area contributed by atoms with Crippen molar-refractivity contribution in [2.24, 2.45) is 5.92 Å². The zero-order chi connectivity index (χ0) is 16.8. The highest BCUT2D eigenvalue weighted by molar-refractivity contribution is 5.82. The fourth-order valence-electron chi connectivity index (χ4n) is 3.10. The summed E-state index contributed by atoms with van der Waals surface area (Å²) in [5, 5.41) is 9.41. The van der Waals surface area contributed by atoms with Crippen LogP contribution in [0.15, 0.2) is 60.7 Å². The van der Waals surface area contributed by atoms with Crippen LogP contribution < -0.4 is 4.74 Å². The molecule has 126 valence electrons. The van der Waals surface area contributed by atoms with Crippen LogP contribution >= 0.6 is 0 Å². The van der Waals surface area contributed by atoms with Crippen molar-refractivity contribution >= 4 is 5.91 Å². The third-order valence-corrected chi connectivity index (χ3v) is 4.41. The monoisotopic (exact) mass is 325 g/mol. The lowest BCUT2D eigenvalue weighted by atomic mass is 9.98. The van der Waals surface area contributed by atoms with Gasteiger partial charge in [0.1, 0.15) is 5.75 Å². The van der Waals surface area contributed by atoms with Crippen LogP contribution in [0.4, 0.5) is 0 Å². The summed E-state index contributed by atoms with van der Waals surface area (Å²) in [4.78, 5) is 14.9. The zero-order valence-electron chi connectivity index (χ0n) is 13.7. The average molecular weight is 325 g/mol. The van der Waals surface area contributed by atoms with Gasteiger partial charge in [0, 0.05) is 25.3 Å². The molecule has 1 aliphatic rings. The fraction of sp³-hybridized carbons (Fsp3) is 0.350. The van der Waals surface area contributed by atoms with E-state index < -0.39 is 6.10 Å². The van der Waals surface area contributed by atoms with Crippen molar-refractivity contribution in [1.29, 1.82) is 0 Å². The predicted octanol–water partition coefficient (Wildman–Crippen LogP) is 3.04. The molecule has 2 unspecified atom stereocenters. The van der Waals surface area contributed by atoms with E-state index in [0.717, 1.165) is 24.9 Å². The molecule has 1 aliphatic heterocycles. The van der Waals surface area contributed by atoms with Crippen molar-refractivity contribution in [2.75, 3.05) is 19.7 Å². The van der Waals surface area contributed by atoms with Crippen molar-refractivity contribution in [3.63, 3.8) is 0 Å². The van der Waals surface area contributed by atoms with Gasteiger partial charge < -0.3 is 14.7 Å². The third-order valence-electron chi connectivity index (χ3n) is 4.41. The molecule has 1 fully saturated rings. The van der Waals surface area contributed by atoms with Gasteiger partial charge in [0.15, 0.2) is 0 Å². The first-order valence-corrected chi connectivity index (χ1v) is 8.44. The SMILES string of the molecule is O=C(C(Oc1ccccc1)c1ccccc1)N1CCCC(CO)C1. The van der Waals surface area contributed by atoms with E-state index in [4.69, 9.17) is 4.74 Å². The highest BCUT2D eigenvalue weighted by atomic mass is 16.5. The Morgan fingerprint density at radius 2 is 1.79 bits per heavy atom. The van der Waals surface area contributed by atoms with Gasteiger partial charge in [-0.1, -0.05) is 48.5 Å². The molecule has 4 nitrogen and oxygen atoms in total. The second-order valence-electron chi connectivity index (χ2n) is 6.20. The molecule has 0 radical (unpaired) electrons. The minimum Gasteiger partial charge on any atom is -0.476 e. The molecule has 0 aliphatic carbocycles. The van der Waals surface area contributed by atoms with Gasteiger partial charge in [-0.05, 0) is 30.9 Å². The first kappa shape index (κ1) is 16.5. The predicted molar refractivity (Wildman–Crippen MR) is 92.6 cm³/mol. The molecule has 0 saturated carbocycles.